The van der Waals surface area contributed by atoms with E-state index in [1.54, 1.807) is 26.1 Å². The Morgan fingerprint density at radius 3 is 2.56 bits per heavy atom. The molecule has 1 aromatic heterocycles. The number of imidazole rings is 1. The molecule has 170 valence electrons. The van der Waals surface area contributed by atoms with Crippen LogP contribution in [0.2, 0.25) is 0 Å². The summed E-state index contributed by atoms with van der Waals surface area (Å²) in [5.41, 5.74) is 2.85. The Balaban J connectivity index is 0.00000363. The average Bonchev–Trinajstić information content (AvgIpc) is 3.24. The van der Waals surface area contributed by atoms with Crippen LogP contribution in [0.5, 0.6) is 0 Å². The van der Waals surface area contributed by atoms with Crippen molar-refractivity contribution in [3.05, 3.63) is 77.5 Å². The molecule has 3 rings (SSSR count). The second-order valence-corrected chi connectivity index (χ2v) is 7.16. The fourth-order valence-electron chi connectivity index (χ4n) is 3.08. The molecule has 3 aromatic rings. The zero-order valence-corrected chi connectivity index (χ0v) is 20.7. The first-order chi connectivity index (χ1) is 15.0. The van der Waals surface area contributed by atoms with Crippen LogP contribution in [-0.4, -0.2) is 53.9 Å². The molecule has 0 aliphatic carbocycles. The number of hydrogen-bond acceptors (Lipinski definition) is 3. The van der Waals surface area contributed by atoms with Crippen LogP contribution < -0.4 is 10.6 Å². The third kappa shape index (κ3) is 6.78. The first kappa shape index (κ1) is 25.3. The van der Waals surface area contributed by atoms with Gasteiger partial charge in [0, 0.05) is 32.7 Å². The molecule has 1 heterocycles. The molecule has 0 bridgehead atoms. The van der Waals surface area contributed by atoms with Crippen LogP contribution in [0.15, 0.2) is 59.7 Å². The minimum Gasteiger partial charge on any atom is -0.354 e. The summed E-state index contributed by atoms with van der Waals surface area (Å²) in [7, 11) is 3.61. The molecule has 32 heavy (non-hydrogen) atoms. The first-order valence-corrected chi connectivity index (χ1v) is 10.0. The topological polar surface area (TPSA) is 85.4 Å². The van der Waals surface area contributed by atoms with Crippen molar-refractivity contribution in [3.63, 3.8) is 0 Å². The average molecular weight is 550 g/mol. The fourth-order valence-corrected chi connectivity index (χ4v) is 3.08. The molecular weight excluding hydrogens is 522 g/mol. The number of aromatic amines is 1. The van der Waals surface area contributed by atoms with Crippen molar-refractivity contribution in [2.75, 3.05) is 27.2 Å². The summed E-state index contributed by atoms with van der Waals surface area (Å²) in [6.45, 7) is 3.06. The Hall–Kier alpha value is -2.95. The molecule has 0 aliphatic rings. The number of amides is 1. The summed E-state index contributed by atoms with van der Waals surface area (Å²) in [6, 6.07) is 14.5. The van der Waals surface area contributed by atoms with Gasteiger partial charge in [0.25, 0.3) is 5.91 Å². The minimum atomic E-state index is -0.388. The molecule has 2 aromatic carbocycles. The number of rotatable bonds is 7. The van der Waals surface area contributed by atoms with Crippen molar-refractivity contribution < 1.29 is 9.18 Å². The van der Waals surface area contributed by atoms with E-state index in [1.165, 1.54) is 6.07 Å². The van der Waals surface area contributed by atoms with E-state index in [0.29, 0.717) is 36.7 Å². The molecule has 0 saturated heterocycles. The van der Waals surface area contributed by atoms with E-state index >= 15 is 0 Å². The normalized spacial score (nSPS) is 10.9. The minimum absolute atomic E-state index is 0. The highest BCUT2D eigenvalue weighted by molar-refractivity contribution is 14.0. The van der Waals surface area contributed by atoms with Crippen molar-refractivity contribution in [2.24, 2.45) is 4.99 Å². The Kier molecular flexibility index (Phi) is 9.63. The van der Waals surface area contributed by atoms with Crippen LogP contribution in [0.25, 0.3) is 11.3 Å². The van der Waals surface area contributed by atoms with Crippen molar-refractivity contribution in [2.45, 2.75) is 13.5 Å². The van der Waals surface area contributed by atoms with Gasteiger partial charge < -0.3 is 20.5 Å². The number of carbonyl (C=O) groups is 1. The third-order valence-electron chi connectivity index (χ3n) is 4.80. The van der Waals surface area contributed by atoms with E-state index in [4.69, 9.17) is 0 Å². The number of aromatic nitrogens is 2. The number of nitrogens with zero attached hydrogens (tertiary/aromatic N) is 3. The third-order valence-corrected chi connectivity index (χ3v) is 4.80. The van der Waals surface area contributed by atoms with Gasteiger partial charge in [0.1, 0.15) is 11.6 Å². The van der Waals surface area contributed by atoms with E-state index in [9.17, 15) is 9.18 Å². The molecule has 0 radical (unpaired) electrons. The zero-order valence-electron chi connectivity index (χ0n) is 18.4. The van der Waals surface area contributed by atoms with Crippen molar-refractivity contribution >= 4 is 35.8 Å². The largest absolute Gasteiger partial charge is 0.354 e. The van der Waals surface area contributed by atoms with Gasteiger partial charge in [-0.2, -0.15) is 0 Å². The molecule has 0 atom stereocenters. The van der Waals surface area contributed by atoms with Gasteiger partial charge in [-0.15, -0.1) is 24.0 Å². The lowest BCUT2D eigenvalue weighted by Crippen LogP contribution is -2.42. The maximum absolute atomic E-state index is 13.6. The molecule has 0 saturated carbocycles. The molecule has 9 heteroatoms. The summed E-state index contributed by atoms with van der Waals surface area (Å²) in [4.78, 5) is 26.1. The molecule has 7 nitrogen and oxygen atoms in total. The summed E-state index contributed by atoms with van der Waals surface area (Å²) in [5, 5.41) is 5.98. The number of aliphatic imine (C=N–C) groups is 1. The van der Waals surface area contributed by atoms with Crippen LogP contribution in [-0.2, 0) is 6.54 Å². The Morgan fingerprint density at radius 2 is 1.88 bits per heavy atom. The first-order valence-electron chi connectivity index (χ1n) is 10.0. The van der Waals surface area contributed by atoms with Crippen LogP contribution in [0.4, 0.5) is 4.39 Å². The smallest absolute Gasteiger partial charge is 0.251 e. The number of benzene rings is 2. The van der Waals surface area contributed by atoms with Gasteiger partial charge in [-0.3, -0.25) is 9.79 Å². The second kappa shape index (κ2) is 12.2. The molecule has 0 spiro atoms. The van der Waals surface area contributed by atoms with Crippen LogP contribution in [0.3, 0.4) is 0 Å². The summed E-state index contributed by atoms with van der Waals surface area (Å²) < 4.78 is 13.6. The van der Waals surface area contributed by atoms with Gasteiger partial charge >= 0.3 is 0 Å². The van der Waals surface area contributed by atoms with E-state index in [-0.39, 0.29) is 35.7 Å². The summed E-state index contributed by atoms with van der Waals surface area (Å²) >= 11 is 0. The Labute approximate surface area is 204 Å². The molecule has 0 aliphatic heterocycles. The molecular formula is C23H28FIN6O. The standard InChI is InChI=1S/C23H27FN6O.HI/c1-16-9-10-18(13-19(16)24)22(31)26-11-12-27-23(25-2)30(3)15-21-28-14-20(29-21)17-7-5-4-6-8-17;/h4-10,13-14H,11-12,15H2,1-3H3,(H,25,27)(H,26,31)(H,28,29);1H. The fraction of sp³-hybridized carbons (Fsp3) is 0.261. The van der Waals surface area contributed by atoms with Crippen molar-refractivity contribution in [1.29, 1.82) is 0 Å². The highest BCUT2D eigenvalue weighted by Crippen LogP contribution is 2.16. The van der Waals surface area contributed by atoms with Gasteiger partial charge in [0.05, 0.1) is 18.4 Å². The van der Waals surface area contributed by atoms with Crippen LogP contribution in [0.1, 0.15) is 21.7 Å². The zero-order chi connectivity index (χ0) is 22.2. The molecule has 0 unspecified atom stereocenters. The van der Waals surface area contributed by atoms with Gasteiger partial charge in [-0.05, 0) is 30.2 Å². The molecule has 0 fully saturated rings. The maximum atomic E-state index is 13.6. The SMILES string of the molecule is CN=C(NCCNC(=O)c1ccc(C)c(F)c1)N(C)Cc1ncc(-c2ccccc2)[nH]1.I. The number of aryl methyl sites for hydroxylation is 1. The highest BCUT2D eigenvalue weighted by Gasteiger charge is 2.11. The Bertz CT molecular complexity index is 1050. The van der Waals surface area contributed by atoms with Crippen molar-refractivity contribution in [1.82, 2.24) is 25.5 Å². The number of hydrogen-bond donors (Lipinski definition) is 3. The number of guanidine groups is 1. The van der Waals surface area contributed by atoms with Gasteiger partial charge in [0.15, 0.2) is 5.96 Å². The quantitative estimate of drug-likeness (QED) is 0.182. The predicted octanol–water partition coefficient (Wildman–Crippen LogP) is 3.58. The molecule has 1 amide bonds. The van der Waals surface area contributed by atoms with Gasteiger partial charge in [-0.25, -0.2) is 9.37 Å². The van der Waals surface area contributed by atoms with Gasteiger partial charge in [0.2, 0.25) is 0 Å². The van der Waals surface area contributed by atoms with Crippen LogP contribution in [0, 0.1) is 12.7 Å². The summed E-state index contributed by atoms with van der Waals surface area (Å²) in [6.07, 6.45) is 1.82. The lowest BCUT2D eigenvalue weighted by atomic mass is 10.1. The predicted molar refractivity (Wildman–Crippen MR) is 136 cm³/mol. The lowest BCUT2D eigenvalue weighted by molar-refractivity contribution is 0.0954. The number of carbonyl (C=O) groups excluding carboxylic acids is 1. The number of nitrogens with one attached hydrogen (secondary N) is 3. The van der Waals surface area contributed by atoms with E-state index in [0.717, 1.165) is 17.1 Å². The van der Waals surface area contributed by atoms with E-state index < -0.39 is 0 Å². The number of H-pyrrole nitrogens is 1. The number of halogens is 2. The van der Waals surface area contributed by atoms with E-state index in [1.807, 2.05) is 48.5 Å². The van der Waals surface area contributed by atoms with Gasteiger partial charge in [-0.1, -0.05) is 36.4 Å². The lowest BCUT2D eigenvalue weighted by Gasteiger charge is -2.21. The highest BCUT2D eigenvalue weighted by atomic mass is 127. The van der Waals surface area contributed by atoms with Crippen LogP contribution >= 0.6 is 24.0 Å². The molecule has 3 N–H and O–H groups in total. The Morgan fingerprint density at radius 1 is 1.16 bits per heavy atom. The van der Waals surface area contributed by atoms with E-state index in [2.05, 4.69) is 25.6 Å². The second-order valence-electron chi connectivity index (χ2n) is 7.16. The van der Waals surface area contributed by atoms with Crippen molar-refractivity contribution in [3.8, 4) is 11.3 Å². The summed E-state index contributed by atoms with van der Waals surface area (Å²) in [5.74, 6) is 0.793. The maximum Gasteiger partial charge on any atom is 0.251 e. The monoisotopic (exact) mass is 550 g/mol.